The topological polar surface area (TPSA) is 9.23 Å². The van der Waals surface area contributed by atoms with Crippen molar-refractivity contribution in [2.24, 2.45) is 0 Å². The van der Waals surface area contributed by atoms with Crippen molar-refractivity contribution in [3.05, 3.63) is 0 Å². The highest BCUT2D eigenvalue weighted by Gasteiger charge is 2.11. The zero-order valence-electron chi connectivity index (χ0n) is 7.15. The molecule has 0 amide bonds. The maximum absolute atomic E-state index is 11.7. The van der Waals surface area contributed by atoms with Crippen LogP contribution in [-0.4, -0.2) is 12.7 Å². The Kier molecular flexibility index (Phi) is 6.42. The van der Waals surface area contributed by atoms with Gasteiger partial charge in [0.15, 0.2) is 0 Å². The SMILES string of the molecule is CCCCC(CC)OC(F)F. The van der Waals surface area contributed by atoms with E-state index in [-0.39, 0.29) is 6.10 Å². The van der Waals surface area contributed by atoms with Crippen LogP contribution >= 0.6 is 0 Å². The molecular weight excluding hydrogens is 150 g/mol. The van der Waals surface area contributed by atoms with Gasteiger partial charge in [0.05, 0.1) is 6.10 Å². The second-order valence-electron chi connectivity index (χ2n) is 2.57. The van der Waals surface area contributed by atoms with Crippen LogP contribution in [0.25, 0.3) is 0 Å². The summed E-state index contributed by atoms with van der Waals surface area (Å²) in [5.41, 5.74) is 0. The number of rotatable bonds is 6. The van der Waals surface area contributed by atoms with Crippen molar-refractivity contribution in [2.45, 2.75) is 52.2 Å². The maximum atomic E-state index is 11.7. The van der Waals surface area contributed by atoms with Crippen LogP contribution in [0.4, 0.5) is 8.78 Å². The van der Waals surface area contributed by atoms with E-state index in [1.165, 1.54) is 0 Å². The van der Waals surface area contributed by atoms with E-state index in [2.05, 4.69) is 4.74 Å². The third-order valence-electron chi connectivity index (χ3n) is 1.63. The van der Waals surface area contributed by atoms with E-state index in [4.69, 9.17) is 0 Å². The van der Waals surface area contributed by atoms with Crippen molar-refractivity contribution >= 4 is 0 Å². The van der Waals surface area contributed by atoms with E-state index < -0.39 is 6.61 Å². The Morgan fingerprint density at radius 1 is 1.27 bits per heavy atom. The first kappa shape index (κ1) is 10.8. The Labute approximate surface area is 66.7 Å². The summed E-state index contributed by atoms with van der Waals surface area (Å²) >= 11 is 0. The van der Waals surface area contributed by atoms with Gasteiger partial charge in [0.2, 0.25) is 0 Å². The van der Waals surface area contributed by atoms with E-state index in [0.29, 0.717) is 6.42 Å². The molecule has 0 spiro atoms. The fourth-order valence-electron chi connectivity index (χ4n) is 0.946. The van der Waals surface area contributed by atoms with Crippen LogP contribution in [0, 0.1) is 0 Å². The number of halogens is 2. The highest BCUT2D eigenvalue weighted by atomic mass is 19.3. The van der Waals surface area contributed by atoms with Gasteiger partial charge in [-0.25, -0.2) is 0 Å². The number of hydrogen-bond donors (Lipinski definition) is 0. The van der Waals surface area contributed by atoms with E-state index in [1.54, 1.807) is 0 Å². The van der Waals surface area contributed by atoms with Gasteiger partial charge >= 0.3 is 6.61 Å². The number of ether oxygens (including phenoxy) is 1. The van der Waals surface area contributed by atoms with Crippen LogP contribution in [-0.2, 0) is 4.74 Å². The highest BCUT2D eigenvalue weighted by molar-refractivity contribution is 4.54. The quantitative estimate of drug-likeness (QED) is 0.588. The van der Waals surface area contributed by atoms with E-state index >= 15 is 0 Å². The van der Waals surface area contributed by atoms with E-state index in [1.807, 2.05) is 13.8 Å². The summed E-state index contributed by atoms with van der Waals surface area (Å²) in [6.07, 6.45) is 3.16. The summed E-state index contributed by atoms with van der Waals surface area (Å²) in [4.78, 5) is 0. The van der Waals surface area contributed by atoms with Gasteiger partial charge in [-0.15, -0.1) is 0 Å². The Bertz CT molecular complexity index is 86.2. The molecule has 0 heterocycles. The molecule has 0 aliphatic carbocycles. The molecule has 0 aromatic carbocycles. The molecule has 68 valence electrons. The minimum atomic E-state index is -2.61. The molecule has 3 heteroatoms. The van der Waals surface area contributed by atoms with Crippen LogP contribution in [0.5, 0.6) is 0 Å². The lowest BCUT2D eigenvalue weighted by atomic mass is 10.1. The molecule has 0 fully saturated rings. The van der Waals surface area contributed by atoms with Crippen LogP contribution < -0.4 is 0 Å². The van der Waals surface area contributed by atoms with Gasteiger partial charge in [-0.3, -0.25) is 0 Å². The van der Waals surface area contributed by atoms with Crippen LogP contribution in [0.1, 0.15) is 39.5 Å². The molecule has 0 aliphatic heterocycles. The second kappa shape index (κ2) is 6.53. The molecule has 0 N–H and O–H groups in total. The Balaban J connectivity index is 3.41. The molecular formula is C8H16F2O. The summed E-state index contributed by atoms with van der Waals surface area (Å²) in [5.74, 6) is 0. The number of hydrogen-bond acceptors (Lipinski definition) is 1. The van der Waals surface area contributed by atoms with Gasteiger partial charge in [-0.1, -0.05) is 26.7 Å². The van der Waals surface area contributed by atoms with Crippen LogP contribution in [0.2, 0.25) is 0 Å². The monoisotopic (exact) mass is 166 g/mol. The molecule has 0 saturated carbocycles. The molecule has 0 saturated heterocycles. The molecule has 1 unspecified atom stereocenters. The average molecular weight is 166 g/mol. The fourth-order valence-corrected chi connectivity index (χ4v) is 0.946. The summed E-state index contributed by atoms with van der Waals surface area (Å²) in [6, 6.07) is 0. The lowest BCUT2D eigenvalue weighted by molar-refractivity contribution is -0.165. The molecule has 0 bridgehead atoms. The zero-order chi connectivity index (χ0) is 8.69. The highest BCUT2D eigenvalue weighted by Crippen LogP contribution is 2.11. The van der Waals surface area contributed by atoms with Gasteiger partial charge in [0, 0.05) is 0 Å². The van der Waals surface area contributed by atoms with Crippen LogP contribution in [0.15, 0.2) is 0 Å². The summed E-state index contributed by atoms with van der Waals surface area (Å²) in [7, 11) is 0. The van der Waals surface area contributed by atoms with Crippen molar-refractivity contribution in [1.29, 1.82) is 0 Å². The Hall–Kier alpha value is -0.180. The predicted molar refractivity (Wildman–Crippen MR) is 40.7 cm³/mol. The molecule has 0 radical (unpaired) electrons. The zero-order valence-corrected chi connectivity index (χ0v) is 7.15. The molecule has 0 aliphatic rings. The van der Waals surface area contributed by atoms with Crippen molar-refractivity contribution in [2.75, 3.05) is 0 Å². The average Bonchev–Trinajstić information content (AvgIpc) is 1.97. The predicted octanol–water partition coefficient (Wildman–Crippen LogP) is 3.19. The summed E-state index contributed by atoms with van der Waals surface area (Å²) in [6.45, 7) is 1.29. The standard InChI is InChI=1S/C8H16F2O/c1-3-5-6-7(4-2)11-8(9)10/h7-8H,3-6H2,1-2H3. The minimum absolute atomic E-state index is 0.255. The molecule has 11 heavy (non-hydrogen) atoms. The molecule has 1 atom stereocenters. The number of unbranched alkanes of at least 4 members (excludes halogenated alkanes) is 1. The van der Waals surface area contributed by atoms with Crippen molar-refractivity contribution in [3.8, 4) is 0 Å². The van der Waals surface area contributed by atoms with Gasteiger partial charge in [-0.05, 0) is 12.8 Å². The third kappa shape index (κ3) is 6.23. The molecule has 1 nitrogen and oxygen atoms in total. The fraction of sp³-hybridized carbons (Fsp3) is 1.00. The first-order valence-electron chi connectivity index (χ1n) is 4.14. The number of alkyl halides is 2. The minimum Gasteiger partial charge on any atom is -0.320 e. The van der Waals surface area contributed by atoms with E-state index in [0.717, 1.165) is 19.3 Å². The first-order chi connectivity index (χ1) is 5.20. The van der Waals surface area contributed by atoms with Crippen molar-refractivity contribution in [1.82, 2.24) is 0 Å². The Morgan fingerprint density at radius 3 is 2.27 bits per heavy atom. The Morgan fingerprint density at radius 2 is 1.91 bits per heavy atom. The smallest absolute Gasteiger partial charge is 0.320 e. The summed E-state index contributed by atoms with van der Waals surface area (Å²) in [5, 5.41) is 0. The lowest BCUT2D eigenvalue weighted by Gasteiger charge is -2.14. The largest absolute Gasteiger partial charge is 0.345 e. The summed E-state index contributed by atoms with van der Waals surface area (Å²) < 4.78 is 27.7. The maximum Gasteiger partial charge on any atom is 0.345 e. The molecule has 0 rings (SSSR count). The van der Waals surface area contributed by atoms with Crippen molar-refractivity contribution in [3.63, 3.8) is 0 Å². The molecule has 0 aromatic heterocycles. The van der Waals surface area contributed by atoms with Gasteiger partial charge in [0.1, 0.15) is 0 Å². The van der Waals surface area contributed by atoms with Gasteiger partial charge < -0.3 is 4.74 Å². The second-order valence-corrected chi connectivity index (χ2v) is 2.57. The van der Waals surface area contributed by atoms with E-state index in [9.17, 15) is 8.78 Å². The normalized spacial score (nSPS) is 13.9. The van der Waals surface area contributed by atoms with Crippen LogP contribution in [0.3, 0.4) is 0 Å². The lowest BCUT2D eigenvalue weighted by Crippen LogP contribution is -2.15. The molecule has 0 aromatic rings. The van der Waals surface area contributed by atoms with Crippen molar-refractivity contribution < 1.29 is 13.5 Å². The van der Waals surface area contributed by atoms with Gasteiger partial charge in [0.25, 0.3) is 0 Å². The first-order valence-corrected chi connectivity index (χ1v) is 4.14. The third-order valence-corrected chi connectivity index (χ3v) is 1.63. The van der Waals surface area contributed by atoms with Gasteiger partial charge in [-0.2, -0.15) is 8.78 Å².